The number of hydrogen-bond acceptors (Lipinski definition) is 5. The zero-order valence-electron chi connectivity index (χ0n) is 12.5. The number of carbonyl (C=O) groups is 1. The average Bonchev–Trinajstić information content (AvgIpc) is 2.35. The molecule has 7 heteroatoms. The molecule has 116 valence electrons. The van der Waals surface area contributed by atoms with Crippen molar-refractivity contribution in [3.8, 4) is 5.75 Å². The zero-order chi connectivity index (χ0) is 16.2. The maximum absolute atomic E-state index is 11.2. The number of nitro benzene ring substituents is 1. The highest BCUT2D eigenvalue weighted by molar-refractivity contribution is 5.72. The van der Waals surface area contributed by atoms with E-state index in [-0.39, 0.29) is 29.0 Å². The Labute approximate surface area is 123 Å². The molecule has 0 aliphatic carbocycles. The highest BCUT2D eigenvalue weighted by Crippen LogP contribution is 2.36. The van der Waals surface area contributed by atoms with Crippen LogP contribution in [0.25, 0.3) is 0 Å². The van der Waals surface area contributed by atoms with Crippen LogP contribution in [0, 0.1) is 15.5 Å². The van der Waals surface area contributed by atoms with Crippen LogP contribution in [-0.2, 0) is 4.79 Å². The van der Waals surface area contributed by atoms with Gasteiger partial charge in [0.25, 0.3) is 0 Å². The highest BCUT2D eigenvalue weighted by atomic mass is 16.6. The van der Waals surface area contributed by atoms with Crippen molar-refractivity contribution >= 4 is 17.3 Å². The smallest absolute Gasteiger partial charge is 0.333 e. The van der Waals surface area contributed by atoms with Crippen molar-refractivity contribution in [3.63, 3.8) is 0 Å². The Kier molecular flexibility index (Phi) is 5.12. The second-order valence-electron chi connectivity index (χ2n) is 5.77. The van der Waals surface area contributed by atoms with Crippen LogP contribution in [-0.4, -0.2) is 29.2 Å². The van der Waals surface area contributed by atoms with Crippen molar-refractivity contribution in [1.82, 2.24) is 0 Å². The molecule has 0 aliphatic heterocycles. The number of carboxylic acid groups (broad SMARTS) is 1. The number of nitro groups is 1. The number of hydrogen-bond donors (Lipinski definition) is 2. The van der Waals surface area contributed by atoms with E-state index < -0.39 is 16.9 Å². The number of aliphatic carboxylic acids is 1. The van der Waals surface area contributed by atoms with Crippen molar-refractivity contribution in [1.29, 1.82) is 0 Å². The summed E-state index contributed by atoms with van der Waals surface area (Å²) in [6.07, 6.45) is -0.141. The van der Waals surface area contributed by atoms with Gasteiger partial charge in [-0.15, -0.1) is 0 Å². The molecule has 7 nitrogen and oxygen atoms in total. The molecule has 1 aromatic rings. The van der Waals surface area contributed by atoms with Gasteiger partial charge in [0.1, 0.15) is 5.69 Å². The molecule has 1 atom stereocenters. The molecule has 1 unspecified atom stereocenters. The fourth-order valence-electron chi connectivity index (χ4n) is 1.93. The van der Waals surface area contributed by atoms with Gasteiger partial charge in [-0.2, -0.15) is 0 Å². The van der Waals surface area contributed by atoms with Gasteiger partial charge < -0.3 is 15.2 Å². The Morgan fingerprint density at radius 2 is 2.10 bits per heavy atom. The van der Waals surface area contributed by atoms with E-state index in [0.29, 0.717) is 0 Å². The van der Waals surface area contributed by atoms with Gasteiger partial charge in [0.2, 0.25) is 0 Å². The van der Waals surface area contributed by atoms with Crippen molar-refractivity contribution < 1.29 is 19.6 Å². The lowest BCUT2D eigenvalue weighted by Gasteiger charge is -2.31. The Bertz CT molecular complexity index is 537. The largest absolute Gasteiger partial charge is 0.490 e. The predicted octanol–water partition coefficient (Wildman–Crippen LogP) is 2.90. The number of ether oxygens (including phenoxy) is 1. The first kappa shape index (κ1) is 16.7. The minimum Gasteiger partial charge on any atom is -0.490 e. The Balaban J connectivity index is 3.20. The summed E-state index contributed by atoms with van der Waals surface area (Å²) in [4.78, 5) is 21.7. The molecule has 0 amide bonds. The normalized spacial score (nSPS) is 12.6. The van der Waals surface area contributed by atoms with Crippen LogP contribution in [0.1, 0.15) is 27.2 Å². The van der Waals surface area contributed by atoms with Crippen LogP contribution >= 0.6 is 0 Å². The van der Waals surface area contributed by atoms with E-state index in [9.17, 15) is 14.9 Å². The lowest BCUT2D eigenvalue weighted by Crippen LogP contribution is -2.36. The molecule has 0 radical (unpaired) electrons. The first-order valence-electron chi connectivity index (χ1n) is 6.46. The van der Waals surface area contributed by atoms with E-state index in [0.717, 1.165) is 0 Å². The second-order valence-corrected chi connectivity index (χ2v) is 5.77. The molecule has 1 aromatic carbocycles. The standard InChI is InChI=1S/C14H20N2O5/c1-14(2,3)11(8-12(17)18)15-9-6-5-7-10(21-4)13(9)16(19)20/h5-7,11,15H,8H2,1-4H3,(H,17,18). The van der Waals surface area contributed by atoms with E-state index >= 15 is 0 Å². The van der Waals surface area contributed by atoms with E-state index in [2.05, 4.69) is 5.32 Å². The Morgan fingerprint density at radius 1 is 1.48 bits per heavy atom. The number of carboxylic acids is 1. The summed E-state index contributed by atoms with van der Waals surface area (Å²) in [7, 11) is 1.35. The molecule has 1 rings (SSSR count). The molecule has 2 N–H and O–H groups in total. The first-order chi connectivity index (χ1) is 9.66. The van der Waals surface area contributed by atoms with E-state index in [1.807, 2.05) is 20.8 Å². The van der Waals surface area contributed by atoms with Gasteiger partial charge in [0.05, 0.1) is 18.5 Å². The molecule has 0 fully saturated rings. The second kappa shape index (κ2) is 6.43. The summed E-state index contributed by atoms with van der Waals surface area (Å²) < 4.78 is 5.00. The zero-order valence-corrected chi connectivity index (χ0v) is 12.5. The number of methoxy groups -OCH3 is 1. The maximum Gasteiger partial charge on any atom is 0.333 e. The lowest BCUT2D eigenvalue weighted by atomic mass is 9.84. The summed E-state index contributed by atoms with van der Waals surface area (Å²) in [5.41, 5.74) is -0.324. The topological polar surface area (TPSA) is 102 Å². The number of anilines is 1. The average molecular weight is 296 g/mol. The van der Waals surface area contributed by atoms with E-state index in [4.69, 9.17) is 9.84 Å². The molecule has 21 heavy (non-hydrogen) atoms. The molecule has 0 aromatic heterocycles. The minimum atomic E-state index is -0.965. The molecule has 0 bridgehead atoms. The minimum absolute atomic E-state index is 0.132. The van der Waals surface area contributed by atoms with Gasteiger partial charge in [0.15, 0.2) is 5.75 Å². The van der Waals surface area contributed by atoms with Crippen molar-refractivity contribution in [2.75, 3.05) is 12.4 Å². The van der Waals surface area contributed by atoms with Gasteiger partial charge in [-0.1, -0.05) is 26.8 Å². The maximum atomic E-state index is 11.2. The molecular formula is C14H20N2O5. The molecular weight excluding hydrogens is 276 g/mol. The van der Waals surface area contributed by atoms with Crippen LogP contribution < -0.4 is 10.1 Å². The number of benzene rings is 1. The Morgan fingerprint density at radius 3 is 2.52 bits per heavy atom. The van der Waals surface area contributed by atoms with Gasteiger partial charge in [-0.3, -0.25) is 14.9 Å². The van der Waals surface area contributed by atoms with E-state index in [1.165, 1.54) is 13.2 Å². The quantitative estimate of drug-likeness (QED) is 0.618. The third-order valence-corrected chi connectivity index (χ3v) is 3.16. The molecule has 0 spiro atoms. The molecule has 0 saturated carbocycles. The van der Waals surface area contributed by atoms with Gasteiger partial charge in [-0.25, -0.2) is 0 Å². The summed E-state index contributed by atoms with van der Waals surface area (Å²) in [6.45, 7) is 5.62. The van der Waals surface area contributed by atoms with Crippen molar-refractivity contribution in [2.24, 2.45) is 5.41 Å². The fourth-order valence-corrected chi connectivity index (χ4v) is 1.93. The van der Waals surface area contributed by atoms with E-state index in [1.54, 1.807) is 12.1 Å². The van der Waals surface area contributed by atoms with Gasteiger partial charge in [-0.05, 0) is 17.5 Å². The SMILES string of the molecule is COc1cccc(NC(CC(=O)O)C(C)(C)C)c1[N+](=O)[O-]. The fraction of sp³-hybridized carbons (Fsp3) is 0.500. The van der Waals surface area contributed by atoms with Crippen LogP contribution in [0.2, 0.25) is 0 Å². The monoisotopic (exact) mass is 296 g/mol. The molecule has 0 saturated heterocycles. The first-order valence-corrected chi connectivity index (χ1v) is 6.46. The molecule has 0 aliphatic rings. The summed E-state index contributed by atoms with van der Waals surface area (Å²) in [5, 5.41) is 23.2. The summed E-state index contributed by atoms with van der Waals surface area (Å²) in [5.74, 6) is -0.832. The number of nitrogens with zero attached hydrogens (tertiary/aromatic N) is 1. The summed E-state index contributed by atoms with van der Waals surface area (Å²) in [6, 6.07) is 4.20. The van der Waals surface area contributed by atoms with Crippen LogP contribution in [0.5, 0.6) is 5.75 Å². The highest BCUT2D eigenvalue weighted by Gasteiger charge is 2.30. The van der Waals surface area contributed by atoms with Gasteiger partial charge in [0, 0.05) is 6.04 Å². The third-order valence-electron chi connectivity index (χ3n) is 3.16. The number of rotatable bonds is 6. The van der Waals surface area contributed by atoms with Crippen LogP contribution in [0.4, 0.5) is 11.4 Å². The summed E-state index contributed by atoms with van der Waals surface area (Å²) >= 11 is 0. The van der Waals surface area contributed by atoms with Gasteiger partial charge >= 0.3 is 11.7 Å². The predicted molar refractivity (Wildman–Crippen MR) is 78.8 cm³/mol. The molecule has 0 heterocycles. The van der Waals surface area contributed by atoms with Crippen LogP contribution in [0.15, 0.2) is 18.2 Å². The lowest BCUT2D eigenvalue weighted by molar-refractivity contribution is -0.384. The van der Waals surface area contributed by atoms with Crippen molar-refractivity contribution in [3.05, 3.63) is 28.3 Å². The number of nitrogens with one attached hydrogen (secondary N) is 1. The van der Waals surface area contributed by atoms with Crippen LogP contribution in [0.3, 0.4) is 0 Å². The van der Waals surface area contributed by atoms with Crippen molar-refractivity contribution in [2.45, 2.75) is 33.2 Å². The number of para-hydroxylation sites is 1. The Hall–Kier alpha value is -2.31. The third kappa shape index (κ3) is 4.34.